The van der Waals surface area contributed by atoms with Crippen LogP contribution in [0.25, 0.3) is 0 Å². The molecule has 0 spiro atoms. The predicted molar refractivity (Wildman–Crippen MR) is 83.1 cm³/mol. The fraction of sp³-hybridized carbons (Fsp3) is 0.429. The van der Waals surface area contributed by atoms with Gasteiger partial charge in [-0.15, -0.1) is 17.9 Å². The largest absolute Gasteiger partial charge is 0.442 e. The first-order chi connectivity index (χ1) is 9.60. The molecular weight excluding hydrogens is 296 g/mol. The number of amides is 1. The Hall–Kier alpha value is -1.33. The van der Waals surface area contributed by atoms with E-state index in [9.17, 15) is 4.79 Å². The van der Waals surface area contributed by atoms with Gasteiger partial charge in [-0.05, 0) is 25.5 Å². The molecule has 0 aromatic carbocycles. The third kappa shape index (κ3) is 3.84. The Morgan fingerprint density at radius 3 is 3.15 bits per heavy atom. The molecule has 1 amide bonds. The van der Waals surface area contributed by atoms with Crippen LogP contribution < -0.4 is 0 Å². The summed E-state index contributed by atoms with van der Waals surface area (Å²) in [7, 11) is 0. The van der Waals surface area contributed by atoms with Crippen molar-refractivity contribution >= 4 is 34.7 Å². The average molecular weight is 313 g/mol. The summed E-state index contributed by atoms with van der Waals surface area (Å²) < 4.78 is 6.03. The van der Waals surface area contributed by atoms with E-state index in [1.165, 1.54) is 11.3 Å². The summed E-state index contributed by atoms with van der Waals surface area (Å²) in [6, 6.07) is 3.80. The lowest BCUT2D eigenvalue weighted by Gasteiger charge is -2.10. The number of nitrogens with zero attached hydrogens (tertiary/aromatic N) is 2. The monoisotopic (exact) mass is 312 g/mol. The molecule has 0 radical (unpaired) electrons. The zero-order valence-corrected chi connectivity index (χ0v) is 12.9. The minimum Gasteiger partial charge on any atom is -0.442 e. The van der Waals surface area contributed by atoms with Gasteiger partial charge in [-0.3, -0.25) is 4.99 Å². The molecule has 0 saturated carbocycles. The van der Waals surface area contributed by atoms with Crippen molar-refractivity contribution in [1.29, 1.82) is 0 Å². The number of halogens is 1. The van der Waals surface area contributed by atoms with Crippen molar-refractivity contribution < 1.29 is 9.53 Å². The van der Waals surface area contributed by atoms with Crippen LogP contribution in [-0.2, 0) is 4.74 Å². The molecule has 1 unspecified atom stereocenters. The van der Waals surface area contributed by atoms with E-state index >= 15 is 0 Å². The van der Waals surface area contributed by atoms with Crippen molar-refractivity contribution in [2.75, 3.05) is 19.6 Å². The second kappa shape index (κ2) is 6.90. The molecule has 0 bridgehead atoms. The van der Waals surface area contributed by atoms with Crippen LogP contribution in [0.3, 0.4) is 0 Å². The van der Waals surface area contributed by atoms with E-state index in [0.29, 0.717) is 19.6 Å². The maximum Gasteiger partial charge on any atom is 0.410 e. The van der Waals surface area contributed by atoms with Crippen LogP contribution in [-0.4, -0.2) is 42.4 Å². The average Bonchev–Trinajstić information content (AvgIpc) is 3.00. The second-order valence-corrected chi connectivity index (χ2v) is 6.27. The van der Waals surface area contributed by atoms with Gasteiger partial charge in [-0.1, -0.05) is 17.7 Å². The zero-order valence-electron chi connectivity index (χ0n) is 11.3. The summed E-state index contributed by atoms with van der Waals surface area (Å²) in [5.74, 6) is 0. The van der Waals surface area contributed by atoms with Gasteiger partial charge in [-0.2, -0.15) is 0 Å². The van der Waals surface area contributed by atoms with E-state index in [-0.39, 0.29) is 12.2 Å². The first-order valence-electron chi connectivity index (χ1n) is 6.43. The zero-order chi connectivity index (χ0) is 14.5. The van der Waals surface area contributed by atoms with E-state index < -0.39 is 0 Å². The lowest BCUT2D eigenvalue weighted by atomic mass is 10.3. The van der Waals surface area contributed by atoms with Crippen molar-refractivity contribution in [3.8, 4) is 0 Å². The lowest BCUT2D eigenvalue weighted by Crippen LogP contribution is -2.26. The molecular formula is C14H17ClN2O2S. The molecule has 1 aliphatic heterocycles. The Kier molecular flexibility index (Phi) is 5.20. The summed E-state index contributed by atoms with van der Waals surface area (Å²) >= 11 is 7.39. The van der Waals surface area contributed by atoms with Crippen LogP contribution in [0.15, 0.2) is 29.8 Å². The number of ether oxygens (including phenoxy) is 1. The van der Waals surface area contributed by atoms with Gasteiger partial charge < -0.3 is 9.64 Å². The first-order valence-corrected chi connectivity index (χ1v) is 7.63. The van der Waals surface area contributed by atoms with Gasteiger partial charge in [0.05, 0.1) is 17.4 Å². The summed E-state index contributed by atoms with van der Waals surface area (Å²) in [5.41, 5.74) is 0.919. The van der Waals surface area contributed by atoms with Gasteiger partial charge in [0.2, 0.25) is 0 Å². The van der Waals surface area contributed by atoms with E-state index in [0.717, 1.165) is 21.3 Å². The molecule has 0 N–H and O–H groups in total. The van der Waals surface area contributed by atoms with Gasteiger partial charge in [-0.25, -0.2) is 4.79 Å². The number of rotatable bonds is 6. The maximum absolute atomic E-state index is 11.6. The molecule has 1 aromatic heterocycles. The molecule has 2 rings (SSSR count). The molecule has 1 aromatic rings. The van der Waals surface area contributed by atoms with Gasteiger partial charge in [0.1, 0.15) is 6.10 Å². The topological polar surface area (TPSA) is 41.9 Å². The van der Waals surface area contributed by atoms with Gasteiger partial charge in [0, 0.05) is 17.1 Å². The Balaban J connectivity index is 1.88. The lowest BCUT2D eigenvalue weighted by molar-refractivity contribution is 0.135. The van der Waals surface area contributed by atoms with Crippen LogP contribution >= 0.6 is 22.9 Å². The Labute approximate surface area is 127 Å². The molecule has 1 fully saturated rings. The minimum atomic E-state index is -0.260. The molecule has 2 heterocycles. The Morgan fingerprint density at radius 1 is 1.70 bits per heavy atom. The smallest absolute Gasteiger partial charge is 0.410 e. The maximum atomic E-state index is 11.6. The molecule has 1 aliphatic rings. The molecule has 1 saturated heterocycles. The van der Waals surface area contributed by atoms with E-state index in [2.05, 4.69) is 11.6 Å². The molecule has 1 atom stereocenters. The van der Waals surface area contributed by atoms with Crippen molar-refractivity contribution in [3.05, 3.63) is 34.0 Å². The quantitative estimate of drug-likeness (QED) is 0.595. The first kappa shape index (κ1) is 15.1. The van der Waals surface area contributed by atoms with Crippen LogP contribution in [0.1, 0.15) is 18.2 Å². The number of hydrogen-bond donors (Lipinski definition) is 0. The minimum absolute atomic E-state index is 0.169. The molecule has 6 heteroatoms. The van der Waals surface area contributed by atoms with Crippen molar-refractivity contribution in [2.45, 2.75) is 19.4 Å². The highest BCUT2D eigenvalue weighted by atomic mass is 35.5. The highest BCUT2D eigenvalue weighted by Crippen LogP contribution is 2.22. The SMILES string of the molecule is C=CCCN1CC(CN=C(C)c2ccc(Cl)s2)OC1=O. The highest BCUT2D eigenvalue weighted by molar-refractivity contribution is 7.18. The Morgan fingerprint density at radius 2 is 2.50 bits per heavy atom. The van der Waals surface area contributed by atoms with Crippen molar-refractivity contribution in [3.63, 3.8) is 0 Å². The third-order valence-electron chi connectivity index (χ3n) is 3.01. The van der Waals surface area contributed by atoms with E-state index in [4.69, 9.17) is 16.3 Å². The van der Waals surface area contributed by atoms with E-state index in [1.807, 2.05) is 19.1 Å². The van der Waals surface area contributed by atoms with Crippen molar-refractivity contribution in [2.24, 2.45) is 4.99 Å². The van der Waals surface area contributed by atoms with Crippen LogP contribution in [0, 0.1) is 0 Å². The van der Waals surface area contributed by atoms with Crippen LogP contribution in [0.5, 0.6) is 0 Å². The number of carbonyl (C=O) groups excluding carboxylic acids is 1. The number of cyclic esters (lactones) is 1. The second-order valence-electron chi connectivity index (χ2n) is 4.56. The van der Waals surface area contributed by atoms with Crippen LogP contribution in [0.4, 0.5) is 4.79 Å². The van der Waals surface area contributed by atoms with Crippen molar-refractivity contribution in [1.82, 2.24) is 4.90 Å². The fourth-order valence-electron chi connectivity index (χ4n) is 1.92. The summed E-state index contributed by atoms with van der Waals surface area (Å²) in [5, 5.41) is 0. The fourth-order valence-corrected chi connectivity index (χ4v) is 2.93. The standard InChI is InChI=1S/C14H17ClN2O2S/c1-3-4-7-17-9-11(19-14(17)18)8-16-10(2)12-5-6-13(15)20-12/h3,5-6,11H,1,4,7-9H2,2H3. The molecule has 20 heavy (non-hydrogen) atoms. The Bertz CT molecular complexity index is 527. The predicted octanol–water partition coefficient (Wildman–Crippen LogP) is 3.61. The summed E-state index contributed by atoms with van der Waals surface area (Å²) in [4.78, 5) is 18.8. The number of aliphatic imine (C=N–C) groups is 1. The summed E-state index contributed by atoms with van der Waals surface area (Å²) in [6.45, 7) is 7.32. The van der Waals surface area contributed by atoms with Gasteiger partial charge in [0.15, 0.2) is 0 Å². The van der Waals surface area contributed by atoms with E-state index in [1.54, 1.807) is 11.0 Å². The normalized spacial score (nSPS) is 19.3. The molecule has 4 nitrogen and oxygen atoms in total. The van der Waals surface area contributed by atoms with Gasteiger partial charge in [0.25, 0.3) is 0 Å². The third-order valence-corrected chi connectivity index (χ3v) is 4.35. The van der Waals surface area contributed by atoms with Gasteiger partial charge >= 0.3 is 6.09 Å². The number of thiophene rings is 1. The highest BCUT2D eigenvalue weighted by Gasteiger charge is 2.30. The number of carbonyl (C=O) groups is 1. The number of hydrogen-bond acceptors (Lipinski definition) is 4. The summed E-state index contributed by atoms with van der Waals surface area (Å²) in [6.07, 6.45) is 2.14. The molecule has 108 valence electrons. The van der Waals surface area contributed by atoms with Crippen LogP contribution in [0.2, 0.25) is 4.34 Å². The molecule has 0 aliphatic carbocycles.